The molecule has 0 bridgehead atoms. The first-order valence-electron chi connectivity index (χ1n) is 10.3. The van der Waals surface area contributed by atoms with Gasteiger partial charge < -0.3 is 14.5 Å². The third-order valence-electron chi connectivity index (χ3n) is 5.76. The second kappa shape index (κ2) is 8.77. The standard InChI is InChI=1S/C21H27FN4O3S/c1-29-19-8-7-17(16-18(19)22)24-12-14-25(15-13-24)21-20(6-5-9-23-21)30(27,28)26-10-3-2-4-11-26/h5-9,16H,2-4,10-15H2,1H3. The van der Waals surface area contributed by atoms with E-state index in [1.807, 2.05) is 11.0 Å². The lowest BCUT2D eigenvalue weighted by molar-refractivity contribution is 0.346. The van der Waals surface area contributed by atoms with Crippen LogP contribution in [0.15, 0.2) is 41.4 Å². The third kappa shape index (κ3) is 4.09. The maximum atomic E-state index is 14.1. The summed E-state index contributed by atoms with van der Waals surface area (Å²) in [7, 11) is -2.13. The van der Waals surface area contributed by atoms with Crippen molar-refractivity contribution in [1.29, 1.82) is 0 Å². The van der Waals surface area contributed by atoms with Crippen LogP contribution in [0, 0.1) is 5.82 Å². The number of aromatic nitrogens is 1. The van der Waals surface area contributed by atoms with E-state index in [-0.39, 0.29) is 10.6 Å². The molecule has 2 aliphatic heterocycles. The van der Waals surface area contributed by atoms with Gasteiger partial charge >= 0.3 is 0 Å². The number of hydrogen-bond donors (Lipinski definition) is 0. The van der Waals surface area contributed by atoms with Gasteiger partial charge in [0.2, 0.25) is 10.0 Å². The Morgan fingerprint density at radius 3 is 2.33 bits per heavy atom. The molecular formula is C21H27FN4O3S. The van der Waals surface area contributed by atoms with Crippen molar-refractivity contribution in [3.63, 3.8) is 0 Å². The SMILES string of the molecule is COc1ccc(N2CCN(c3ncccc3S(=O)(=O)N3CCCCC3)CC2)cc1F. The van der Waals surface area contributed by atoms with E-state index in [4.69, 9.17) is 4.74 Å². The first-order valence-corrected chi connectivity index (χ1v) is 11.7. The van der Waals surface area contributed by atoms with Crippen LogP contribution in [0.4, 0.5) is 15.9 Å². The zero-order valence-corrected chi connectivity index (χ0v) is 17.9. The molecule has 1 aromatic heterocycles. The molecule has 0 spiro atoms. The van der Waals surface area contributed by atoms with Crippen LogP contribution in [0.1, 0.15) is 19.3 Å². The van der Waals surface area contributed by atoms with Gasteiger partial charge in [-0.1, -0.05) is 6.42 Å². The smallest absolute Gasteiger partial charge is 0.246 e. The summed E-state index contributed by atoms with van der Waals surface area (Å²) in [6.45, 7) is 3.62. The molecule has 2 fully saturated rings. The average Bonchev–Trinajstić information content (AvgIpc) is 2.80. The van der Waals surface area contributed by atoms with E-state index >= 15 is 0 Å². The first kappa shape index (κ1) is 20.9. The fraction of sp³-hybridized carbons (Fsp3) is 0.476. The normalized spacial score (nSPS) is 18.5. The number of anilines is 2. The van der Waals surface area contributed by atoms with E-state index in [9.17, 15) is 12.8 Å². The molecular weight excluding hydrogens is 407 g/mol. The van der Waals surface area contributed by atoms with Crippen LogP contribution in [0.2, 0.25) is 0 Å². The van der Waals surface area contributed by atoms with Crippen molar-refractivity contribution in [2.24, 2.45) is 0 Å². The van der Waals surface area contributed by atoms with Crippen LogP contribution in [0.25, 0.3) is 0 Å². The molecule has 0 amide bonds. The summed E-state index contributed by atoms with van der Waals surface area (Å²) in [6.07, 6.45) is 4.49. The molecule has 7 nitrogen and oxygen atoms in total. The molecule has 4 rings (SSSR count). The number of benzene rings is 1. The molecule has 1 aromatic carbocycles. The van der Waals surface area contributed by atoms with Crippen LogP contribution in [-0.4, -0.2) is 64.1 Å². The Kier molecular flexibility index (Phi) is 6.10. The summed E-state index contributed by atoms with van der Waals surface area (Å²) in [5.74, 6) is 0.333. The summed E-state index contributed by atoms with van der Waals surface area (Å²) < 4.78 is 47.1. The van der Waals surface area contributed by atoms with Crippen molar-refractivity contribution in [2.45, 2.75) is 24.2 Å². The largest absolute Gasteiger partial charge is 0.494 e. The lowest BCUT2D eigenvalue weighted by Gasteiger charge is -2.37. The van der Waals surface area contributed by atoms with Crippen LogP contribution < -0.4 is 14.5 Å². The topological polar surface area (TPSA) is 66.0 Å². The van der Waals surface area contributed by atoms with E-state index in [2.05, 4.69) is 9.88 Å². The van der Waals surface area contributed by atoms with Crippen molar-refractivity contribution < 1.29 is 17.5 Å². The van der Waals surface area contributed by atoms with Crippen molar-refractivity contribution in [2.75, 3.05) is 56.2 Å². The minimum atomic E-state index is -3.57. The molecule has 0 unspecified atom stereocenters. The van der Waals surface area contributed by atoms with Gasteiger partial charge in [-0.25, -0.2) is 17.8 Å². The van der Waals surface area contributed by atoms with E-state index in [1.54, 1.807) is 28.7 Å². The van der Waals surface area contributed by atoms with Crippen LogP contribution in [0.3, 0.4) is 0 Å². The Hall–Kier alpha value is -2.39. The predicted molar refractivity (Wildman–Crippen MR) is 114 cm³/mol. The number of piperidine rings is 1. The van der Waals surface area contributed by atoms with Crippen molar-refractivity contribution in [3.8, 4) is 5.75 Å². The average molecular weight is 435 g/mol. The van der Waals surface area contributed by atoms with Crippen molar-refractivity contribution in [1.82, 2.24) is 9.29 Å². The molecule has 9 heteroatoms. The zero-order chi connectivity index (χ0) is 21.1. The highest BCUT2D eigenvalue weighted by Crippen LogP contribution is 2.30. The fourth-order valence-corrected chi connectivity index (χ4v) is 5.77. The van der Waals surface area contributed by atoms with E-state index < -0.39 is 15.8 Å². The molecule has 2 aromatic rings. The maximum absolute atomic E-state index is 14.1. The van der Waals surface area contributed by atoms with Crippen molar-refractivity contribution in [3.05, 3.63) is 42.3 Å². The predicted octanol–water partition coefficient (Wildman–Crippen LogP) is 2.73. The molecule has 0 N–H and O–H groups in total. The fourth-order valence-electron chi connectivity index (χ4n) is 4.09. The molecule has 0 aliphatic carbocycles. The number of nitrogens with zero attached hydrogens (tertiary/aromatic N) is 4. The Morgan fingerprint density at radius 1 is 0.967 bits per heavy atom. The summed E-state index contributed by atoms with van der Waals surface area (Å²) in [6, 6.07) is 8.26. The van der Waals surface area contributed by atoms with Gasteiger partial charge in [-0.2, -0.15) is 4.31 Å². The van der Waals surface area contributed by atoms with Crippen molar-refractivity contribution >= 4 is 21.5 Å². The van der Waals surface area contributed by atoms with Gasteiger partial charge in [-0.15, -0.1) is 0 Å². The maximum Gasteiger partial charge on any atom is 0.246 e. The summed E-state index contributed by atoms with van der Waals surface area (Å²) in [5.41, 5.74) is 0.787. The van der Waals surface area contributed by atoms with E-state index in [0.717, 1.165) is 24.9 Å². The van der Waals surface area contributed by atoms with E-state index in [0.29, 0.717) is 45.1 Å². The molecule has 0 atom stereocenters. The number of piperazine rings is 1. The molecule has 30 heavy (non-hydrogen) atoms. The second-order valence-corrected chi connectivity index (χ2v) is 9.49. The van der Waals surface area contributed by atoms with Crippen LogP contribution >= 0.6 is 0 Å². The highest BCUT2D eigenvalue weighted by Gasteiger charge is 2.31. The van der Waals surface area contributed by atoms with Gasteiger partial charge in [0.25, 0.3) is 0 Å². The Balaban J connectivity index is 1.51. The monoisotopic (exact) mass is 434 g/mol. The second-order valence-electron chi connectivity index (χ2n) is 7.58. The minimum absolute atomic E-state index is 0.221. The zero-order valence-electron chi connectivity index (χ0n) is 17.1. The van der Waals surface area contributed by atoms with Crippen LogP contribution in [0.5, 0.6) is 5.75 Å². The lowest BCUT2D eigenvalue weighted by atomic mass is 10.2. The number of methoxy groups -OCH3 is 1. The molecule has 0 saturated carbocycles. The molecule has 162 valence electrons. The molecule has 2 aliphatic rings. The summed E-state index contributed by atoms with van der Waals surface area (Å²) >= 11 is 0. The summed E-state index contributed by atoms with van der Waals surface area (Å²) in [4.78, 5) is 8.79. The molecule has 0 radical (unpaired) electrons. The Labute approximate surface area is 177 Å². The van der Waals surface area contributed by atoms with Gasteiger partial charge in [0.05, 0.1) is 7.11 Å². The highest BCUT2D eigenvalue weighted by atomic mass is 32.2. The Morgan fingerprint density at radius 2 is 1.67 bits per heavy atom. The lowest BCUT2D eigenvalue weighted by Crippen LogP contribution is -2.47. The van der Waals surface area contributed by atoms with Gasteiger partial charge in [0.1, 0.15) is 10.7 Å². The van der Waals surface area contributed by atoms with Gasteiger partial charge in [0, 0.05) is 57.2 Å². The van der Waals surface area contributed by atoms with Gasteiger partial charge in [0.15, 0.2) is 11.6 Å². The van der Waals surface area contributed by atoms with Gasteiger partial charge in [-0.05, 0) is 37.1 Å². The number of pyridine rings is 1. The first-order chi connectivity index (χ1) is 14.5. The highest BCUT2D eigenvalue weighted by molar-refractivity contribution is 7.89. The number of ether oxygens (including phenoxy) is 1. The Bertz CT molecular complexity index is 987. The quantitative estimate of drug-likeness (QED) is 0.721. The van der Waals surface area contributed by atoms with Crippen LogP contribution in [-0.2, 0) is 10.0 Å². The van der Waals surface area contributed by atoms with E-state index in [1.165, 1.54) is 13.2 Å². The molecule has 2 saturated heterocycles. The number of hydrogen-bond acceptors (Lipinski definition) is 6. The molecule has 3 heterocycles. The number of halogens is 1. The third-order valence-corrected chi connectivity index (χ3v) is 7.68. The minimum Gasteiger partial charge on any atom is -0.494 e. The van der Waals surface area contributed by atoms with Gasteiger partial charge in [-0.3, -0.25) is 0 Å². The number of rotatable bonds is 5. The summed E-state index contributed by atoms with van der Waals surface area (Å²) in [5, 5.41) is 0. The number of sulfonamides is 1.